The molecule has 2 heterocycles. The van der Waals surface area contributed by atoms with Gasteiger partial charge in [-0.2, -0.15) is 5.10 Å². The Kier molecular flexibility index (Phi) is 2.49. The Balaban J connectivity index is 2.26. The molecule has 0 fully saturated rings. The Hall–Kier alpha value is -2.76. The van der Waals surface area contributed by atoms with Gasteiger partial charge in [-0.05, 0) is 18.2 Å². The maximum absolute atomic E-state index is 13.2. The molecule has 0 amide bonds. The minimum absolute atomic E-state index is 0.101. The standard InChI is InChI=1S/C13H8FN3O2/c14-9-3-1-2-8(6-9)11-4-5-15-12-7-10(13(18)19)16-17(11)12/h1-7H,(H,18,19). The number of aromatic carboxylic acids is 1. The highest BCUT2D eigenvalue weighted by atomic mass is 19.1. The first kappa shape index (κ1) is 11.3. The highest BCUT2D eigenvalue weighted by molar-refractivity contribution is 5.86. The van der Waals surface area contributed by atoms with Crippen molar-refractivity contribution in [1.82, 2.24) is 14.6 Å². The van der Waals surface area contributed by atoms with Crippen LogP contribution in [0.15, 0.2) is 42.6 Å². The van der Waals surface area contributed by atoms with Crippen molar-refractivity contribution in [3.63, 3.8) is 0 Å². The molecule has 0 radical (unpaired) electrons. The van der Waals surface area contributed by atoms with Gasteiger partial charge in [-0.15, -0.1) is 0 Å². The molecule has 1 N–H and O–H groups in total. The molecular formula is C13H8FN3O2. The Morgan fingerprint density at radius 3 is 2.84 bits per heavy atom. The van der Waals surface area contributed by atoms with E-state index in [-0.39, 0.29) is 11.5 Å². The summed E-state index contributed by atoms with van der Waals surface area (Å²) in [5, 5.41) is 12.9. The van der Waals surface area contributed by atoms with Crippen molar-refractivity contribution >= 4 is 11.6 Å². The highest BCUT2D eigenvalue weighted by Gasteiger charge is 2.12. The lowest BCUT2D eigenvalue weighted by atomic mass is 10.1. The summed E-state index contributed by atoms with van der Waals surface area (Å²) in [6, 6.07) is 9.02. The fourth-order valence-electron chi connectivity index (χ4n) is 1.87. The predicted molar refractivity (Wildman–Crippen MR) is 65.3 cm³/mol. The van der Waals surface area contributed by atoms with E-state index >= 15 is 0 Å². The van der Waals surface area contributed by atoms with E-state index in [2.05, 4.69) is 10.1 Å². The molecule has 5 nitrogen and oxygen atoms in total. The summed E-state index contributed by atoms with van der Waals surface area (Å²) >= 11 is 0. The van der Waals surface area contributed by atoms with Crippen molar-refractivity contribution in [2.24, 2.45) is 0 Å². The van der Waals surface area contributed by atoms with E-state index < -0.39 is 5.97 Å². The zero-order valence-corrected chi connectivity index (χ0v) is 9.62. The van der Waals surface area contributed by atoms with Crippen LogP contribution in [0.2, 0.25) is 0 Å². The Morgan fingerprint density at radius 2 is 2.11 bits per heavy atom. The van der Waals surface area contributed by atoms with Crippen LogP contribution in [-0.2, 0) is 0 Å². The van der Waals surface area contributed by atoms with E-state index in [0.29, 0.717) is 16.9 Å². The molecule has 0 saturated carbocycles. The first-order chi connectivity index (χ1) is 9.15. The molecule has 0 spiro atoms. The van der Waals surface area contributed by atoms with Crippen LogP contribution in [-0.4, -0.2) is 25.7 Å². The predicted octanol–water partition coefficient (Wildman–Crippen LogP) is 2.23. The molecule has 0 unspecified atom stereocenters. The summed E-state index contributed by atoms with van der Waals surface area (Å²) in [4.78, 5) is 14.9. The van der Waals surface area contributed by atoms with E-state index in [1.807, 2.05) is 0 Å². The number of carboxylic acid groups (broad SMARTS) is 1. The van der Waals surface area contributed by atoms with Crippen LogP contribution in [0.25, 0.3) is 16.9 Å². The molecule has 0 bridgehead atoms. The second-order valence-corrected chi connectivity index (χ2v) is 3.95. The molecule has 0 aliphatic rings. The third kappa shape index (κ3) is 1.93. The van der Waals surface area contributed by atoms with Crippen molar-refractivity contribution in [3.05, 3.63) is 54.1 Å². The van der Waals surface area contributed by atoms with Crippen LogP contribution in [0.3, 0.4) is 0 Å². The largest absolute Gasteiger partial charge is 0.476 e. The molecular weight excluding hydrogens is 249 g/mol. The first-order valence-electron chi connectivity index (χ1n) is 5.49. The number of hydrogen-bond donors (Lipinski definition) is 1. The lowest BCUT2D eigenvalue weighted by molar-refractivity contribution is 0.0690. The molecule has 6 heteroatoms. The molecule has 2 aromatic heterocycles. The molecule has 1 aromatic carbocycles. The summed E-state index contributed by atoms with van der Waals surface area (Å²) < 4.78 is 14.6. The summed E-state index contributed by atoms with van der Waals surface area (Å²) in [7, 11) is 0. The summed E-state index contributed by atoms with van der Waals surface area (Å²) in [5.74, 6) is -1.50. The molecule has 0 aliphatic carbocycles. The van der Waals surface area contributed by atoms with Gasteiger partial charge in [0.05, 0.1) is 5.69 Å². The number of rotatable bonds is 2. The lowest BCUT2D eigenvalue weighted by Gasteiger charge is -2.04. The number of fused-ring (bicyclic) bond motifs is 1. The third-order valence-corrected chi connectivity index (χ3v) is 2.70. The lowest BCUT2D eigenvalue weighted by Crippen LogP contribution is -1.99. The number of carbonyl (C=O) groups is 1. The van der Waals surface area contributed by atoms with Crippen LogP contribution in [0.1, 0.15) is 10.5 Å². The molecule has 19 heavy (non-hydrogen) atoms. The van der Waals surface area contributed by atoms with Gasteiger partial charge in [0.1, 0.15) is 5.82 Å². The van der Waals surface area contributed by atoms with Gasteiger partial charge in [-0.1, -0.05) is 12.1 Å². The Labute approximate surface area is 107 Å². The molecule has 3 rings (SSSR count). The Bertz CT molecular complexity index is 782. The minimum Gasteiger partial charge on any atom is -0.476 e. The fourth-order valence-corrected chi connectivity index (χ4v) is 1.87. The fraction of sp³-hybridized carbons (Fsp3) is 0. The van der Waals surface area contributed by atoms with Crippen LogP contribution in [0.4, 0.5) is 4.39 Å². The van der Waals surface area contributed by atoms with Crippen molar-refractivity contribution in [1.29, 1.82) is 0 Å². The topological polar surface area (TPSA) is 67.5 Å². The highest BCUT2D eigenvalue weighted by Crippen LogP contribution is 2.20. The van der Waals surface area contributed by atoms with Crippen LogP contribution in [0.5, 0.6) is 0 Å². The van der Waals surface area contributed by atoms with Crippen molar-refractivity contribution in [2.45, 2.75) is 0 Å². The van der Waals surface area contributed by atoms with E-state index in [4.69, 9.17) is 5.11 Å². The molecule has 94 valence electrons. The number of carboxylic acids is 1. The van der Waals surface area contributed by atoms with Crippen molar-refractivity contribution < 1.29 is 14.3 Å². The molecule has 0 atom stereocenters. The monoisotopic (exact) mass is 257 g/mol. The van der Waals surface area contributed by atoms with Gasteiger partial charge in [-0.25, -0.2) is 18.7 Å². The number of hydrogen-bond acceptors (Lipinski definition) is 3. The van der Waals surface area contributed by atoms with Gasteiger partial charge >= 0.3 is 5.97 Å². The summed E-state index contributed by atoms with van der Waals surface area (Å²) in [6.45, 7) is 0. The summed E-state index contributed by atoms with van der Waals surface area (Å²) in [6.07, 6.45) is 1.53. The van der Waals surface area contributed by atoms with E-state index in [9.17, 15) is 9.18 Å². The van der Waals surface area contributed by atoms with Gasteiger partial charge in [0.25, 0.3) is 0 Å². The van der Waals surface area contributed by atoms with Gasteiger partial charge in [0.15, 0.2) is 11.3 Å². The number of halogens is 1. The smallest absolute Gasteiger partial charge is 0.356 e. The van der Waals surface area contributed by atoms with Crippen molar-refractivity contribution in [3.8, 4) is 11.3 Å². The van der Waals surface area contributed by atoms with E-state index in [1.165, 1.54) is 28.9 Å². The zero-order chi connectivity index (χ0) is 13.4. The quantitative estimate of drug-likeness (QED) is 0.764. The first-order valence-corrected chi connectivity index (χ1v) is 5.49. The van der Waals surface area contributed by atoms with Gasteiger partial charge in [-0.3, -0.25) is 0 Å². The second-order valence-electron chi connectivity index (χ2n) is 3.95. The van der Waals surface area contributed by atoms with E-state index in [1.54, 1.807) is 18.2 Å². The minimum atomic E-state index is -1.13. The number of benzene rings is 1. The second kappa shape index (κ2) is 4.16. The van der Waals surface area contributed by atoms with Crippen LogP contribution in [0, 0.1) is 5.82 Å². The molecule has 0 saturated heterocycles. The summed E-state index contributed by atoms with van der Waals surface area (Å²) in [5.41, 5.74) is 1.49. The average molecular weight is 257 g/mol. The zero-order valence-electron chi connectivity index (χ0n) is 9.62. The van der Waals surface area contributed by atoms with Crippen LogP contribution >= 0.6 is 0 Å². The van der Waals surface area contributed by atoms with E-state index in [0.717, 1.165) is 0 Å². The number of aromatic nitrogens is 3. The van der Waals surface area contributed by atoms with Crippen LogP contribution < -0.4 is 0 Å². The van der Waals surface area contributed by atoms with Gasteiger partial charge in [0.2, 0.25) is 0 Å². The normalized spacial score (nSPS) is 10.8. The van der Waals surface area contributed by atoms with Gasteiger partial charge in [0, 0.05) is 17.8 Å². The third-order valence-electron chi connectivity index (χ3n) is 2.70. The average Bonchev–Trinajstić information content (AvgIpc) is 2.82. The SMILES string of the molecule is O=C(O)c1cc2nccc(-c3cccc(F)c3)n2n1. The maximum atomic E-state index is 13.2. The van der Waals surface area contributed by atoms with Gasteiger partial charge < -0.3 is 5.11 Å². The number of nitrogens with zero attached hydrogens (tertiary/aromatic N) is 3. The Morgan fingerprint density at radius 1 is 1.26 bits per heavy atom. The molecule has 0 aliphatic heterocycles. The molecule has 3 aromatic rings. The maximum Gasteiger partial charge on any atom is 0.356 e. The van der Waals surface area contributed by atoms with Crippen molar-refractivity contribution in [2.75, 3.05) is 0 Å².